The second-order valence-electron chi connectivity index (χ2n) is 3.21. The summed E-state index contributed by atoms with van der Waals surface area (Å²) in [5.41, 5.74) is 15.6. The summed E-state index contributed by atoms with van der Waals surface area (Å²) < 4.78 is 0. The number of nitrogens with two attached hydrogens (primary N) is 3. The molecule has 0 aromatic carbocycles. The molecule has 0 saturated heterocycles. The summed E-state index contributed by atoms with van der Waals surface area (Å²) in [6, 6.07) is 0. The fourth-order valence-electron chi connectivity index (χ4n) is 1.03. The Morgan fingerprint density at radius 3 is 2.42 bits per heavy atom. The molecule has 6 N–H and O–H groups in total. The van der Waals surface area contributed by atoms with Gasteiger partial charge in [-0.3, -0.25) is 4.99 Å². The highest BCUT2D eigenvalue weighted by Crippen LogP contribution is 2.37. The van der Waals surface area contributed by atoms with Crippen molar-refractivity contribution >= 4 is 11.9 Å². The molecule has 0 bridgehead atoms. The van der Waals surface area contributed by atoms with E-state index in [1.165, 1.54) is 6.42 Å². The highest BCUT2D eigenvalue weighted by Gasteiger charge is 2.31. The molecule has 0 spiro atoms. The van der Waals surface area contributed by atoms with Gasteiger partial charge in [0.15, 0.2) is 5.96 Å². The van der Waals surface area contributed by atoms with Gasteiger partial charge in [-0.1, -0.05) is 6.92 Å². The van der Waals surface area contributed by atoms with Crippen LogP contribution in [-0.2, 0) is 0 Å². The Morgan fingerprint density at radius 1 is 1.42 bits per heavy atom. The lowest BCUT2D eigenvalue weighted by Gasteiger charge is -1.93. The molecule has 0 aliphatic heterocycles. The zero-order valence-electron chi connectivity index (χ0n) is 7.20. The maximum Gasteiger partial charge on any atom is 0.218 e. The normalized spacial score (nSPS) is 28.2. The first-order chi connectivity index (χ1) is 5.59. The smallest absolute Gasteiger partial charge is 0.218 e. The predicted molar refractivity (Wildman–Crippen MR) is 49.6 cm³/mol. The van der Waals surface area contributed by atoms with Gasteiger partial charge < -0.3 is 17.2 Å². The minimum Gasteiger partial charge on any atom is -0.370 e. The zero-order chi connectivity index (χ0) is 9.14. The van der Waals surface area contributed by atoms with Gasteiger partial charge in [-0.25, -0.2) is 0 Å². The average molecular weight is 169 g/mol. The number of hydrogen-bond acceptors (Lipinski definition) is 1. The Morgan fingerprint density at radius 2 is 2.00 bits per heavy atom. The largest absolute Gasteiger partial charge is 0.370 e. The number of aliphatic imine (C=N–C) groups is 2. The van der Waals surface area contributed by atoms with Crippen LogP contribution in [0.5, 0.6) is 0 Å². The first-order valence-electron chi connectivity index (χ1n) is 3.99. The van der Waals surface area contributed by atoms with Crippen LogP contribution >= 0.6 is 0 Å². The summed E-state index contributed by atoms with van der Waals surface area (Å²) in [5, 5.41) is 0. The van der Waals surface area contributed by atoms with Gasteiger partial charge in [0.1, 0.15) is 0 Å². The topological polar surface area (TPSA) is 103 Å². The van der Waals surface area contributed by atoms with Crippen LogP contribution in [0.4, 0.5) is 0 Å². The monoisotopic (exact) mass is 169 g/mol. The molecule has 0 aromatic heterocycles. The van der Waals surface area contributed by atoms with Crippen molar-refractivity contribution in [1.29, 1.82) is 0 Å². The second-order valence-corrected chi connectivity index (χ2v) is 3.21. The van der Waals surface area contributed by atoms with Gasteiger partial charge in [-0.05, 0) is 18.3 Å². The van der Waals surface area contributed by atoms with Gasteiger partial charge in [0.25, 0.3) is 0 Å². The Balaban J connectivity index is 2.31. The van der Waals surface area contributed by atoms with Crippen molar-refractivity contribution in [3.05, 3.63) is 0 Å². The summed E-state index contributed by atoms with van der Waals surface area (Å²) in [6.07, 6.45) is 1.23. The third-order valence-electron chi connectivity index (χ3n) is 2.01. The average Bonchev–Trinajstić information content (AvgIpc) is 2.61. The first-order valence-corrected chi connectivity index (χ1v) is 3.99. The van der Waals surface area contributed by atoms with E-state index in [0.29, 0.717) is 5.92 Å². The molecule has 68 valence electrons. The highest BCUT2D eigenvalue weighted by atomic mass is 15.1. The minimum absolute atomic E-state index is 0.0416. The van der Waals surface area contributed by atoms with Crippen LogP contribution < -0.4 is 17.2 Å². The van der Waals surface area contributed by atoms with Crippen molar-refractivity contribution in [2.75, 3.05) is 6.54 Å². The molecule has 12 heavy (non-hydrogen) atoms. The molecule has 0 heterocycles. The van der Waals surface area contributed by atoms with Crippen molar-refractivity contribution < 1.29 is 0 Å². The number of nitrogens with zero attached hydrogens (tertiary/aromatic N) is 2. The van der Waals surface area contributed by atoms with Crippen LogP contribution in [0.1, 0.15) is 13.3 Å². The summed E-state index contributed by atoms with van der Waals surface area (Å²) in [4.78, 5) is 7.63. The highest BCUT2D eigenvalue weighted by molar-refractivity contribution is 5.92. The molecule has 0 radical (unpaired) electrons. The third kappa shape index (κ3) is 2.77. The Kier molecular flexibility index (Phi) is 2.52. The van der Waals surface area contributed by atoms with Crippen LogP contribution in [0.15, 0.2) is 9.98 Å². The molecule has 5 heteroatoms. The molecule has 1 rings (SSSR count). The molecule has 1 aliphatic carbocycles. The van der Waals surface area contributed by atoms with E-state index in [1.807, 2.05) is 0 Å². The van der Waals surface area contributed by atoms with E-state index in [1.54, 1.807) is 0 Å². The first kappa shape index (κ1) is 8.83. The predicted octanol–water partition coefficient (Wildman–Crippen LogP) is -0.769. The Labute approximate surface area is 71.7 Å². The molecular weight excluding hydrogens is 154 g/mol. The van der Waals surface area contributed by atoms with Crippen LogP contribution in [-0.4, -0.2) is 18.5 Å². The lowest BCUT2D eigenvalue weighted by atomic mass is 10.3. The maximum atomic E-state index is 5.40. The molecule has 1 saturated carbocycles. The van der Waals surface area contributed by atoms with E-state index in [4.69, 9.17) is 17.2 Å². The molecule has 2 unspecified atom stereocenters. The minimum atomic E-state index is -0.0416. The number of guanidine groups is 2. The van der Waals surface area contributed by atoms with Gasteiger partial charge in [0, 0.05) is 6.54 Å². The third-order valence-corrected chi connectivity index (χ3v) is 2.01. The molecule has 1 aliphatic rings. The summed E-state index contributed by atoms with van der Waals surface area (Å²) in [7, 11) is 0. The Hall–Kier alpha value is -1.26. The zero-order valence-corrected chi connectivity index (χ0v) is 7.20. The summed E-state index contributed by atoms with van der Waals surface area (Å²) >= 11 is 0. The summed E-state index contributed by atoms with van der Waals surface area (Å²) in [6.45, 7) is 2.93. The van der Waals surface area contributed by atoms with E-state index < -0.39 is 0 Å². The van der Waals surface area contributed by atoms with Crippen molar-refractivity contribution in [2.24, 2.45) is 39.0 Å². The fraction of sp³-hybridized carbons (Fsp3) is 0.714. The van der Waals surface area contributed by atoms with Gasteiger partial charge in [-0.2, -0.15) is 4.99 Å². The van der Waals surface area contributed by atoms with Gasteiger partial charge >= 0.3 is 0 Å². The molecule has 0 amide bonds. The molecule has 1 fully saturated rings. The quantitative estimate of drug-likeness (QED) is 0.373. The van der Waals surface area contributed by atoms with Gasteiger partial charge in [0.2, 0.25) is 5.96 Å². The fourth-order valence-corrected chi connectivity index (χ4v) is 1.03. The SMILES string of the molecule is CC1CC1CN=C(N)N=C(N)N. The van der Waals surface area contributed by atoms with E-state index >= 15 is 0 Å². The van der Waals surface area contributed by atoms with E-state index in [9.17, 15) is 0 Å². The lowest BCUT2D eigenvalue weighted by Crippen LogP contribution is -2.26. The van der Waals surface area contributed by atoms with E-state index in [-0.39, 0.29) is 11.9 Å². The van der Waals surface area contributed by atoms with E-state index in [2.05, 4.69) is 16.9 Å². The number of rotatable bonds is 2. The van der Waals surface area contributed by atoms with Crippen molar-refractivity contribution in [3.8, 4) is 0 Å². The standard InChI is InChI=1S/C7H15N5/c1-4-2-5(4)3-11-7(10)12-6(8)9/h4-5H,2-3H2,1H3,(H6,8,9,10,11,12). The number of hydrogen-bond donors (Lipinski definition) is 3. The maximum absolute atomic E-state index is 5.40. The molecule has 2 atom stereocenters. The second kappa shape index (κ2) is 3.42. The van der Waals surface area contributed by atoms with Gasteiger partial charge in [0.05, 0.1) is 0 Å². The lowest BCUT2D eigenvalue weighted by molar-refractivity contribution is 0.760. The molecule has 5 nitrogen and oxygen atoms in total. The van der Waals surface area contributed by atoms with Crippen LogP contribution in [0.25, 0.3) is 0 Å². The van der Waals surface area contributed by atoms with E-state index in [0.717, 1.165) is 12.5 Å². The molecule has 0 aromatic rings. The van der Waals surface area contributed by atoms with Gasteiger partial charge in [-0.15, -0.1) is 0 Å². The van der Waals surface area contributed by atoms with Crippen molar-refractivity contribution in [3.63, 3.8) is 0 Å². The van der Waals surface area contributed by atoms with Crippen LogP contribution in [0, 0.1) is 11.8 Å². The van der Waals surface area contributed by atoms with Crippen LogP contribution in [0.3, 0.4) is 0 Å². The Bertz CT molecular complexity index is 216. The summed E-state index contributed by atoms with van der Waals surface area (Å²) in [5.74, 6) is 1.59. The van der Waals surface area contributed by atoms with Crippen LogP contribution in [0.2, 0.25) is 0 Å². The van der Waals surface area contributed by atoms with Crippen molar-refractivity contribution in [1.82, 2.24) is 0 Å². The van der Waals surface area contributed by atoms with Crippen molar-refractivity contribution in [2.45, 2.75) is 13.3 Å². The molecular formula is C7H15N5.